The predicted molar refractivity (Wildman–Crippen MR) is 134 cm³/mol. The summed E-state index contributed by atoms with van der Waals surface area (Å²) in [5.41, 5.74) is 12.3. The minimum absolute atomic E-state index is 0.398. The molecule has 1 aliphatic heterocycles. The van der Waals surface area contributed by atoms with E-state index in [1.54, 1.807) is 12.1 Å². The van der Waals surface area contributed by atoms with Gasteiger partial charge in [0.15, 0.2) is 0 Å². The van der Waals surface area contributed by atoms with Crippen LogP contribution in [0.25, 0.3) is 27.9 Å². The zero-order valence-electron chi connectivity index (χ0n) is 19.3. The molecule has 1 aliphatic rings. The van der Waals surface area contributed by atoms with Gasteiger partial charge in [0.1, 0.15) is 11.5 Å². The normalized spacial score (nSPS) is 14.2. The molecule has 3 N–H and O–H groups in total. The molecule has 34 heavy (non-hydrogen) atoms. The van der Waals surface area contributed by atoms with Crippen molar-refractivity contribution >= 4 is 28.3 Å². The minimum atomic E-state index is -0.398. The lowest BCUT2D eigenvalue weighted by atomic mass is 9.98. The summed E-state index contributed by atoms with van der Waals surface area (Å²) < 4.78 is 2.16. The van der Waals surface area contributed by atoms with Crippen molar-refractivity contribution in [3.05, 3.63) is 77.6 Å². The Morgan fingerprint density at radius 1 is 1.12 bits per heavy atom. The zero-order chi connectivity index (χ0) is 23.7. The van der Waals surface area contributed by atoms with Crippen LogP contribution in [0.1, 0.15) is 28.0 Å². The zero-order valence-corrected chi connectivity index (χ0v) is 19.3. The first-order valence-corrected chi connectivity index (χ1v) is 11.3. The van der Waals surface area contributed by atoms with Gasteiger partial charge in [0.05, 0.1) is 5.69 Å². The fraction of sp³-hybridized carbons (Fsp3) is 0.231. The monoisotopic (exact) mass is 453 g/mol. The van der Waals surface area contributed by atoms with Crippen molar-refractivity contribution in [1.29, 1.82) is 0 Å². The van der Waals surface area contributed by atoms with Gasteiger partial charge in [-0.05, 0) is 54.0 Å². The van der Waals surface area contributed by atoms with Gasteiger partial charge >= 0.3 is 0 Å². The van der Waals surface area contributed by atoms with E-state index in [0.717, 1.165) is 59.7 Å². The second-order valence-electron chi connectivity index (χ2n) is 8.50. The van der Waals surface area contributed by atoms with Gasteiger partial charge in [0.25, 0.3) is 0 Å². The number of pyridine rings is 1. The Labute approximate surface area is 198 Å². The van der Waals surface area contributed by atoms with Crippen molar-refractivity contribution in [2.75, 3.05) is 25.5 Å². The van der Waals surface area contributed by atoms with E-state index in [9.17, 15) is 4.79 Å². The Hall–Kier alpha value is -4.04. The molecule has 0 radical (unpaired) electrons. The Kier molecular flexibility index (Phi) is 5.81. The average Bonchev–Trinajstić information content (AvgIpc) is 3.20. The number of nitrogens with two attached hydrogens (primary N) is 1. The lowest BCUT2D eigenvalue weighted by molar-refractivity contribution is 0.100. The molecule has 1 amide bonds. The van der Waals surface area contributed by atoms with E-state index in [0.29, 0.717) is 5.56 Å². The summed E-state index contributed by atoms with van der Waals surface area (Å²) in [6, 6.07) is 15.7. The molecule has 172 valence electrons. The van der Waals surface area contributed by atoms with Gasteiger partial charge in [-0.1, -0.05) is 18.2 Å². The van der Waals surface area contributed by atoms with E-state index in [4.69, 9.17) is 5.73 Å². The molecule has 4 heterocycles. The molecule has 0 spiro atoms. The molecule has 8 heteroatoms. The molecule has 1 aromatic carbocycles. The lowest BCUT2D eigenvalue weighted by Crippen LogP contribution is -2.28. The molecule has 0 bridgehead atoms. The number of carbonyl (C=O) groups is 1. The Bertz CT molecular complexity index is 1370. The first-order chi connectivity index (χ1) is 16.5. The van der Waals surface area contributed by atoms with E-state index in [1.807, 2.05) is 43.6 Å². The highest BCUT2D eigenvalue weighted by molar-refractivity contribution is 5.93. The Morgan fingerprint density at radius 3 is 2.59 bits per heavy atom. The lowest BCUT2D eigenvalue weighted by Gasteiger charge is -2.26. The summed E-state index contributed by atoms with van der Waals surface area (Å²) >= 11 is 0. The van der Waals surface area contributed by atoms with Gasteiger partial charge in [-0.2, -0.15) is 0 Å². The number of amides is 1. The third-order valence-corrected chi connectivity index (χ3v) is 6.44. The second kappa shape index (κ2) is 9.07. The molecule has 3 aromatic heterocycles. The van der Waals surface area contributed by atoms with Crippen molar-refractivity contribution in [1.82, 2.24) is 24.6 Å². The molecular formula is C26H27N7O. The summed E-state index contributed by atoms with van der Waals surface area (Å²) in [7, 11) is 3.89. The standard InChI is InChI=1S/C26H27N7O/c1-28-24-8-7-23(30-31-24)21-9-12-29-26-22(21)15-20(32(26)2)16-33-13-10-18(11-14-33)17-3-5-19(6-4-17)25(27)34/h3-10,12,15H,11,13-14,16H2,1-2H3,(H2,27,34)(H,28,31). The number of aromatic nitrogens is 4. The highest BCUT2D eigenvalue weighted by Gasteiger charge is 2.18. The van der Waals surface area contributed by atoms with Crippen LogP contribution in [-0.2, 0) is 13.6 Å². The second-order valence-corrected chi connectivity index (χ2v) is 8.50. The van der Waals surface area contributed by atoms with Gasteiger partial charge < -0.3 is 15.6 Å². The number of nitrogens with one attached hydrogen (secondary N) is 1. The number of carbonyl (C=O) groups excluding carboxylic acids is 1. The van der Waals surface area contributed by atoms with Crippen LogP contribution < -0.4 is 11.1 Å². The molecule has 0 fully saturated rings. The van der Waals surface area contributed by atoms with Gasteiger partial charge in [0.2, 0.25) is 5.91 Å². The quantitative estimate of drug-likeness (QED) is 0.464. The molecule has 5 rings (SSSR count). The molecule has 0 atom stereocenters. The molecular weight excluding hydrogens is 426 g/mol. The third-order valence-electron chi connectivity index (χ3n) is 6.44. The van der Waals surface area contributed by atoms with Crippen LogP contribution in [-0.4, -0.2) is 50.7 Å². The van der Waals surface area contributed by atoms with Crippen LogP contribution >= 0.6 is 0 Å². The summed E-state index contributed by atoms with van der Waals surface area (Å²) in [5, 5.41) is 12.7. The molecule has 8 nitrogen and oxygen atoms in total. The molecule has 0 saturated carbocycles. The smallest absolute Gasteiger partial charge is 0.248 e. The van der Waals surface area contributed by atoms with Crippen LogP contribution in [0.15, 0.2) is 60.8 Å². The third kappa shape index (κ3) is 4.15. The summed E-state index contributed by atoms with van der Waals surface area (Å²) in [5.74, 6) is 0.342. The van der Waals surface area contributed by atoms with Crippen molar-refractivity contribution < 1.29 is 4.79 Å². The number of nitrogens with zero attached hydrogens (tertiary/aromatic N) is 5. The number of anilines is 1. The fourth-order valence-electron chi connectivity index (χ4n) is 4.45. The molecule has 0 saturated heterocycles. The van der Waals surface area contributed by atoms with Crippen LogP contribution in [0.4, 0.5) is 5.82 Å². The summed E-state index contributed by atoms with van der Waals surface area (Å²) in [6.07, 6.45) is 5.05. The maximum Gasteiger partial charge on any atom is 0.248 e. The predicted octanol–water partition coefficient (Wildman–Crippen LogP) is 3.46. The Morgan fingerprint density at radius 2 is 1.94 bits per heavy atom. The van der Waals surface area contributed by atoms with Crippen LogP contribution in [0, 0.1) is 0 Å². The summed E-state index contributed by atoms with van der Waals surface area (Å²) in [4.78, 5) is 18.4. The fourth-order valence-corrected chi connectivity index (χ4v) is 4.45. The van der Waals surface area contributed by atoms with E-state index in [1.165, 1.54) is 11.3 Å². The van der Waals surface area contributed by atoms with Crippen molar-refractivity contribution in [2.24, 2.45) is 12.8 Å². The maximum absolute atomic E-state index is 11.3. The number of benzene rings is 1. The van der Waals surface area contributed by atoms with E-state index >= 15 is 0 Å². The van der Waals surface area contributed by atoms with Crippen molar-refractivity contribution in [3.8, 4) is 11.3 Å². The van der Waals surface area contributed by atoms with Gasteiger partial charge in [-0.25, -0.2) is 4.98 Å². The molecule has 4 aromatic rings. The van der Waals surface area contributed by atoms with Crippen LogP contribution in [0.3, 0.4) is 0 Å². The summed E-state index contributed by atoms with van der Waals surface area (Å²) in [6.45, 7) is 2.66. The largest absolute Gasteiger partial charge is 0.372 e. The minimum Gasteiger partial charge on any atom is -0.372 e. The average molecular weight is 454 g/mol. The number of aryl methyl sites for hydroxylation is 1. The van der Waals surface area contributed by atoms with Gasteiger partial charge in [-0.15, -0.1) is 10.2 Å². The van der Waals surface area contributed by atoms with Crippen LogP contribution in [0.5, 0.6) is 0 Å². The number of primary amides is 1. The van der Waals surface area contributed by atoms with Crippen molar-refractivity contribution in [2.45, 2.75) is 13.0 Å². The first kappa shape index (κ1) is 21.8. The van der Waals surface area contributed by atoms with Crippen LogP contribution in [0.2, 0.25) is 0 Å². The van der Waals surface area contributed by atoms with Gasteiger partial charge in [-0.3, -0.25) is 9.69 Å². The van der Waals surface area contributed by atoms with Crippen molar-refractivity contribution in [3.63, 3.8) is 0 Å². The van der Waals surface area contributed by atoms with E-state index < -0.39 is 5.91 Å². The van der Waals surface area contributed by atoms with E-state index in [-0.39, 0.29) is 0 Å². The highest BCUT2D eigenvalue weighted by Crippen LogP contribution is 2.30. The first-order valence-electron chi connectivity index (χ1n) is 11.3. The number of fused-ring (bicyclic) bond motifs is 1. The van der Waals surface area contributed by atoms with E-state index in [2.05, 4.69) is 49.2 Å². The topological polar surface area (TPSA) is 102 Å². The van der Waals surface area contributed by atoms with Gasteiger partial charge in [0, 0.05) is 62.1 Å². The number of rotatable bonds is 6. The number of hydrogen-bond donors (Lipinski definition) is 2. The highest BCUT2D eigenvalue weighted by atomic mass is 16.1. The maximum atomic E-state index is 11.3. The number of hydrogen-bond acceptors (Lipinski definition) is 6. The molecule has 0 unspecified atom stereocenters. The SMILES string of the molecule is CNc1ccc(-c2ccnc3c2cc(CN2CC=C(c4ccc(C(N)=O)cc4)CC2)n3C)nn1. The molecule has 0 aliphatic carbocycles. The Balaban J connectivity index is 1.35.